The second kappa shape index (κ2) is 7.55. The highest BCUT2D eigenvalue weighted by Crippen LogP contribution is 2.25. The van der Waals surface area contributed by atoms with Crippen LogP contribution in [0.2, 0.25) is 0 Å². The van der Waals surface area contributed by atoms with E-state index in [1.54, 1.807) is 6.92 Å². The third-order valence-electron chi connectivity index (χ3n) is 3.11. The van der Waals surface area contributed by atoms with Gasteiger partial charge in [0.05, 0.1) is 5.92 Å². The number of nitrogens with zero attached hydrogens (tertiary/aromatic N) is 4. The number of nitrogens with two attached hydrogens (primary N) is 1. The van der Waals surface area contributed by atoms with E-state index < -0.39 is 10.0 Å². The molecule has 0 aliphatic carbocycles. The summed E-state index contributed by atoms with van der Waals surface area (Å²) >= 11 is 0.748. The van der Waals surface area contributed by atoms with Gasteiger partial charge < -0.3 is 0 Å². The number of benzene rings is 1. The number of nitro groups is 1. The Bertz CT molecular complexity index is 848. The minimum Gasteiger partial charge on any atom is -0.265 e. The highest BCUT2D eigenvalue weighted by molar-refractivity contribution is 7.91. The summed E-state index contributed by atoms with van der Waals surface area (Å²) < 4.78 is 22.0. The standard InChI is InChI=1S/C13H15N5O4S2/c1-9(15-12-16-17-13(23-12)24(14,21)22)7-11(8-18(19)20)10-5-3-2-4-6-10/h2-6,11H,7-8H2,1H3,(H2,14,21,22)/b15-9+. The molecule has 1 heterocycles. The van der Waals surface area contributed by atoms with E-state index in [2.05, 4.69) is 15.2 Å². The lowest BCUT2D eigenvalue weighted by Gasteiger charge is -2.12. The monoisotopic (exact) mass is 369 g/mol. The minimum atomic E-state index is -3.91. The first kappa shape index (κ1) is 18.1. The van der Waals surface area contributed by atoms with Gasteiger partial charge in [-0.2, -0.15) is 0 Å². The third-order valence-corrected chi connectivity index (χ3v) is 5.24. The molecule has 1 aromatic carbocycles. The van der Waals surface area contributed by atoms with Crippen molar-refractivity contribution in [1.82, 2.24) is 10.2 Å². The Balaban J connectivity index is 2.19. The van der Waals surface area contributed by atoms with Crippen LogP contribution in [-0.4, -0.2) is 35.8 Å². The molecular formula is C13H15N5O4S2. The maximum absolute atomic E-state index is 11.2. The second-order valence-corrected chi connectivity index (χ2v) is 7.76. The zero-order chi connectivity index (χ0) is 17.7. The topological polar surface area (TPSA) is 141 Å². The van der Waals surface area contributed by atoms with Crippen LogP contribution >= 0.6 is 11.3 Å². The number of primary sulfonamides is 1. The van der Waals surface area contributed by atoms with Crippen molar-refractivity contribution < 1.29 is 13.3 Å². The zero-order valence-corrected chi connectivity index (χ0v) is 14.3. The van der Waals surface area contributed by atoms with Crippen molar-refractivity contribution in [3.63, 3.8) is 0 Å². The van der Waals surface area contributed by atoms with Crippen molar-refractivity contribution >= 4 is 32.2 Å². The smallest absolute Gasteiger partial charge is 0.265 e. The fraction of sp³-hybridized carbons (Fsp3) is 0.308. The summed E-state index contributed by atoms with van der Waals surface area (Å²) in [7, 11) is -3.91. The van der Waals surface area contributed by atoms with Crippen LogP contribution in [0.1, 0.15) is 24.8 Å². The zero-order valence-electron chi connectivity index (χ0n) is 12.7. The van der Waals surface area contributed by atoms with Gasteiger partial charge in [0.15, 0.2) is 0 Å². The van der Waals surface area contributed by atoms with Gasteiger partial charge in [-0.3, -0.25) is 10.1 Å². The van der Waals surface area contributed by atoms with E-state index in [1.807, 2.05) is 30.3 Å². The van der Waals surface area contributed by atoms with Gasteiger partial charge in [0.2, 0.25) is 16.0 Å². The third kappa shape index (κ3) is 5.15. The lowest BCUT2D eigenvalue weighted by atomic mass is 9.94. The first-order valence-corrected chi connectivity index (χ1v) is 9.19. The molecule has 0 saturated heterocycles. The van der Waals surface area contributed by atoms with Crippen molar-refractivity contribution in [2.45, 2.75) is 23.6 Å². The molecule has 0 amide bonds. The van der Waals surface area contributed by atoms with Crippen LogP contribution in [0.15, 0.2) is 39.7 Å². The molecule has 0 aliphatic rings. The van der Waals surface area contributed by atoms with E-state index >= 15 is 0 Å². The largest absolute Gasteiger partial charge is 0.267 e. The number of rotatable bonds is 7. The Morgan fingerprint density at radius 3 is 2.58 bits per heavy atom. The van der Waals surface area contributed by atoms with Gasteiger partial charge >= 0.3 is 0 Å². The van der Waals surface area contributed by atoms with Crippen LogP contribution in [0, 0.1) is 10.1 Å². The summed E-state index contributed by atoms with van der Waals surface area (Å²) in [5.74, 6) is -0.337. The highest BCUT2D eigenvalue weighted by atomic mass is 32.2. The summed E-state index contributed by atoms with van der Waals surface area (Å²) in [6.07, 6.45) is 0.343. The molecule has 0 radical (unpaired) electrons. The lowest BCUT2D eigenvalue weighted by molar-refractivity contribution is -0.483. The van der Waals surface area contributed by atoms with Crippen molar-refractivity contribution in [3.05, 3.63) is 46.0 Å². The lowest BCUT2D eigenvalue weighted by Crippen LogP contribution is -2.15. The molecule has 0 saturated carbocycles. The van der Waals surface area contributed by atoms with Gasteiger partial charge in [-0.25, -0.2) is 18.5 Å². The van der Waals surface area contributed by atoms with Gasteiger partial charge in [-0.15, -0.1) is 10.2 Å². The predicted molar refractivity (Wildman–Crippen MR) is 89.7 cm³/mol. The van der Waals surface area contributed by atoms with Crippen LogP contribution in [0.3, 0.4) is 0 Å². The van der Waals surface area contributed by atoms with Crippen molar-refractivity contribution in [2.24, 2.45) is 10.1 Å². The molecule has 0 spiro atoms. The van der Waals surface area contributed by atoms with E-state index in [1.165, 1.54) is 0 Å². The van der Waals surface area contributed by atoms with Gasteiger partial charge in [0.1, 0.15) is 0 Å². The number of sulfonamides is 1. The molecule has 2 rings (SSSR count). The molecule has 1 aromatic heterocycles. The van der Waals surface area contributed by atoms with E-state index in [0.717, 1.165) is 16.9 Å². The fourth-order valence-electron chi connectivity index (χ4n) is 2.12. The van der Waals surface area contributed by atoms with Gasteiger partial charge in [0.25, 0.3) is 10.0 Å². The first-order valence-electron chi connectivity index (χ1n) is 6.83. The Kier molecular flexibility index (Phi) is 5.70. The number of aliphatic imine (C=N–C) groups is 1. The first-order chi connectivity index (χ1) is 11.3. The Morgan fingerprint density at radius 2 is 2.04 bits per heavy atom. The van der Waals surface area contributed by atoms with E-state index in [0.29, 0.717) is 12.1 Å². The average Bonchev–Trinajstić information content (AvgIpc) is 2.95. The molecule has 1 atom stereocenters. The summed E-state index contributed by atoms with van der Waals surface area (Å²) in [6, 6.07) is 9.12. The Labute approximate surface area is 142 Å². The molecule has 2 aromatic rings. The van der Waals surface area contributed by atoms with Gasteiger partial charge in [-0.05, 0) is 18.9 Å². The quantitative estimate of drug-likeness (QED) is 0.447. The molecule has 0 fully saturated rings. The van der Waals surface area contributed by atoms with Gasteiger partial charge in [0, 0.05) is 10.6 Å². The number of aromatic nitrogens is 2. The summed E-state index contributed by atoms with van der Waals surface area (Å²) in [4.78, 5) is 14.7. The molecule has 24 heavy (non-hydrogen) atoms. The Morgan fingerprint density at radius 1 is 1.38 bits per heavy atom. The van der Waals surface area contributed by atoms with Crippen LogP contribution in [0.25, 0.3) is 0 Å². The fourth-order valence-corrected chi connectivity index (χ4v) is 3.48. The van der Waals surface area contributed by atoms with Crippen LogP contribution in [0.5, 0.6) is 0 Å². The van der Waals surface area contributed by atoms with Crippen molar-refractivity contribution in [1.29, 1.82) is 0 Å². The molecule has 128 valence electrons. The maximum Gasteiger partial charge on any atom is 0.267 e. The molecule has 11 heteroatoms. The molecular weight excluding hydrogens is 354 g/mol. The summed E-state index contributed by atoms with van der Waals surface area (Å²) in [5, 5.41) is 23.1. The van der Waals surface area contributed by atoms with Gasteiger partial charge in [-0.1, -0.05) is 41.7 Å². The second-order valence-electron chi connectivity index (χ2n) is 5.07. The van der Waals surface area contributed by atoms with E-state index in [-0.39, 0.29) is 26.9 Å². The Hall–Kier alpha value is -2.24. The summed E-state index contributed by atoms with van der Waals surface area (Å²) in [5.41, 5.74) is 1.43. The highest BCUT2D eigenvalue weighted by Gasteiger charge is 2.20. The van der Waals surface area contributed by atoms with Crippen LogP contribution in [0.4, 0.5) is 5.13 Å². The van der Waals surface area contributed by atoms with E-state index in [9.17, 15) is 18.5 Å². The molecule has 0 bridgehead atoms. The predicted octanol–water partition coefficient (Wildman–Crippen LogP) is 1.73. The van der Waals surface area contributed by atoms with Crippen molar-refractivity contribution in [3.8, 4) is 0 Å². The molecule has 2 N–H and O–H groups in total. The molecule has 0 aliphatic heterocycles. The molecule has 9 nitrogen and oxygen atoms in total. The number of hydrogen-bond acceptors (Lipinski definition) is 8. The van der Waals surface area contributed by atoms with Crippen LogP contribution in [-0.2, 0) is 10.0 Å². The SMILES string of the molecule is C/C(CC(C[N+](=O)[O-])c1ccccc1)=N\c1nnc(S(N)(=O)=O)s1. The molecule has 1 unspecified atom stereocenters. The normalized spacial score (nSPS) is 13.7. The summed E-state index contributed by atoms with van der Waals surface area (Å²) in [6.45, 7) is 1.48. The minimum absolute atomic E-state index is 0.143. The maximum atomic E-state index is 11.2. The van der Waals surface area contributed by atoms with Crippen molar-refractivity contribution in [2.75, 3.05) is 6.54 Å². The number of hydrogen-bond donors (Lipinski definition) is 1. The van der Waals surface area contributed by atoms with E-state index in [4.69, 9.17) is 5.14 Å². The average molecular weight is 369 g/mol. The van der Waals surface area contributed by atoms with Crippen LogP contribution < -0.4 is 5.14 Å².